The summed E-state index contributed by atoms with van der Waals surface area (Å²) in [6, 6.07) is 0. The minimum atomic E-state index is -5.04. The van der Waals surface area contributed by atoms with Gasteiger partial charge in [0.1, 0.15) is 34.9 Å². The average Bonchev–Trinajstić information content (AvgIpc) is 2.44. The number of hydrogen-bond donors (Lipinski definition) is 4. The van der Waals surface area contributed by atoms with Crippen LogP contribution in [0, 0.1) is 0 Å². The third-order valence-electron chi connectivity index (χ3n) is 2.65. The summed E-state index contributed by atoms with van der Waals surface area (Å²) in [4.78, 5) is 0. The van der Waals surface area contributed by atoms with E-state index in [1.165, 1.54) is 6.08 Å². The number of rotatable bonds is 6. The number of oxime groups is 1. The molecule has 0 spiro atoms. The molecule has 24 heavy (non-hydrogen) atoms. The molecule has 1 aliphatic rings. The first-order valence-electron chi connectivity index (χ1n) is 5.99. The molecule has 1 fully saturated rings. The summed E-state index contributed by atoms with van der Waals surface area (Å²) >= 11 is 0.660. The van der Waals surface area contributed by atoms with Crippen molar-refractivity contribution in [3.63, 3.8) is 0 Å². The van der Waals surface area contributed by atoms with Gasteiger partial charge in [0.25, 0.3) is 10.4 Å². The van der Waals surface area contributed by atoms with Gasteiger partial charge in [0.2, 0.25) is 0 Å². The summed E-state index contributed by atoms with van der Waals surface area (Å²) in [7, 11) is -5.04. The molecule has 1 saturated heterocycles. The molecule has 11 nitrogen and oxygen atoms in total. The van der Waals surface area contributed by atoms with Crippen LogP contribution in [0.3, 0.4) is 0 Å². The van der Waals surface area contributed by atoms with Crippen LogP contribution in [0.5, 0.6) is 0 Å². The van der Waals surface area contributed by atoms with E-state index < -0.39 is 46.9 Å². The molecule has 0 bridgehead atoms. The predicted octanol–water partition coefficient (Wildman–Crippen LogP) is -5.93. The monoisotopic (exact) mass is 415 g/mol. The maximum absolute atomic E-state index is 10.4. The molecule has 0 radical (unpaired) electrons. The van der Waals surface area contributed by atoms with Crippen LogP contribution in [-0.2, 0) is 19.4 Å². The van der Waals surface area contributed by atoms with Crippen molar-refractivity contribution < 1.29 is 99.3 Å². The van der Waals surface area contributed by atoms with Gasteiger partial charge < -0.3 is 35.2 Å². The van der Waals surface area contributed by atoms with Gasteiger partial charge in [-0.05, 0) is 0 Å². The number of aliphatic hydroxyl groups excluding tert-OH is 4. The normalized spacial score (nSPS) is 30.7. The molecule has 6 N–H and O–H groups in total. The van der Waals surface area contributed by atoms with E-state index >= 15 is 0 Å². The number of ether oxygens (including phenoxy) is 1. The van der Waals surface area contributed by atoms with E-state index in [4.69, 9.17) is 9.84 Å². The molecule has 1 aliphatic heterocycles. The van der Waals surface area contributed by atoms with Crippen molar-refractivity contribution in [2.45, 2.75) is 36.3 Å². The van der Waals surface area contributed by atoms with Crippen LogP contribution in [0.25, 0.3) is 0 Å². The van der Waals surface area contributed by atoms with Gasteiger partial charge in [-0.3, -0.25) is 4.28 Å². The third-order valence-corrected chi connectivity index (χ3v) is 4.04. The van der Waals surface area contributed by atoms with Crippen molar-refractivity contribution in [2.75, 3.05) is 6.61 Å². The molecule has 1 rings (SSSR count). The van der Waals surface area contributed by atoms with Crippen molar-refractivity contribution in [2.24, 2.45) is 5.16 Å². The molecular formula is C10H18KNO10S2. The topological polar surface area (TPSA) is 200 Å². The molecule has 0 amide bonds. The molecule has 1 heterocycles. The molecule has 0 saturated carbocycles. The van der Waals surface area contributed by atoms with Crippen molar-refractivity contribution in [1.29, 1.82) is 0 Å². The largest absolute Gasteiger partial charge is 1.00 e. The van der Waals surface area contributed by atoms with E-state index in [0.29, 0.717) is 11.8 Å². The first-order chi connectivity index (χ1) is 10.2. The van der Waals surface area contributed by atoms with Crippen LogP contribution < -0.4 is 51.4 Å². The number of thioether (sulfide) groups is 1. The first-order valence-corrected chi connectivity index (χ1v) is 8.20. The van der Waals surface area contributed by atoms with Crippen LogP contribution in [0.4, 0.5) is 0 Å². The average molecular weight is 415 g/mol. The van der Waals surface area contributed by atoms with E-state index in [0.717, 1.165) is 0 Å². The van der Waals surface area contributed by atoms with Gasteiger partial charge in [-0.15, -0.1) is 6.58 Å². The quantitative estimate of drug-likeness (QED) is 0.0615. The first kappa shape index (κ1) is 27.1. The smallest absolute Gasteiger partial charge is 0.714 e. The molecule has 5 unspecified atom stereocenters. The second-order valence-corrected chi connectivity index (χ2v) is 6.41. The van der Waals surface area contributed by atoms with Gasteiger partial charge in [-0.2, -0.15) is 8.42 Å². The minimum absolute atomic E-state index is 0. The Morgan fingerprint density at radius 3 is 2.38 bits per heavy atom. The number of aliphatic hydroxyl groups is 4. The van der Waals surface area contributed by atoms with Crippen molar-refractivity contribution in [1.82, 2.24) is 0 Å². The summed E-state index contributed by atoms with van der Waals surface area (Å²) in [6.45, 7) is 2.80. The van der Waals surface area contributed by atoms with Gasteiger partial charge in [0.05, 0.1) is 6.61 Å². The zero-order valence-corrected chi connectivity index (χ0v) is 17.4. The Morgan fingerprint density at radius 2 is 1.92 bits per heavy atom. The molecule has 5 atom stereocenters. The zero-order valence-electron chi connectivity index (χ0n) is 12.7. The molecule has 0 aromatic carbocycles. The molecule has 0 aromatic heterocycles. The van der Waals surface area contributed by atoms with Crippen molar-refractivity contribution >= 4 is 27.2 Å². The van der Waals surface area contributed by atoms with Crippen LogP contribution in [0.15, 0.2) is 17.8 Å². The number of hydrogen-bond acceptors (Lipinski definition) is 11. The van der Waals surface area contributed by atoms with E-state index in [-0.39, 0.29) is 68.3 Å². The van der Waals surface area contributed by atoms with Gasteiger partial charge in [0, 0.05) is 6.42 Å². The summed E-state index contributed by atoms with van der Waals surface area (Å²) in [5.41, 5.74) is -1.17. The Labute approximate surface area is 185 Å². The maximum Gasteiger partial charge on any atom is 1.00 e. The standard InChI is InChI=1S/C10H17NO9S2.K.H2O/c1-2-3-6(11-20-22(16,17)18)21-10-9(15)8(14)7(13)5(4-12)19-10;;/h2,5,7-10,12-15H,1,3-4H2,(H,16,17,18);;1H2/q;+1;/p-1. The molecular weight excluding hydrogens is 397 g/mol. The SMILES string of the molecule is C=CCC(=NOS(=O)(=O)[O-])SC1OC(CO)C(O)C(O)C1O.O.[K+]. The van der Waals surface area contributed by atoms with Gasteiger partial charge in [0.15, 0.2) is 0 Å². The fourth-order valence-corrected chi connectivity index (χ4v) is 2.91. The van der Waals surface area contributed by atoms with Crippen molar-refractivity contribution in [3.8, 4) is 0 Å². The van der Waals surface area contributed by atoms with Crippen LogP contribution in [0.2, 0.25) is 0 Å². The summed E-state index contributed by atoms with van der Waals surface area (Å²) in [6.07, 6.45) is -4.44. The van der Waals surface area contributed by atoms with Gasteiger partial charge in [-0.1, -0.05) is 23.0 Å². The van der Waals surface area contributed by atoms with Crippen LogP contribution >= 0.6 is 11.8 Å². The fourth-order valence-electron chi connectivity index (χ4n) is 1.62. The van der Waals surface area contributed by atoms with E-state index in [1.807, 2.05) is 0 Å². The Balaban J connectivity index is 0. The van der Waals surface area contributed by atoms with Crippen LogP contribution in [0.1, 0.15) is 6.42 Å². The van der Waals surface area contributed by atoms with Crippen LogP contribution in [-0.4, -0.2) is 80.4 Å². The maximum atomic E-state index is 10.4. The minimum Gasteiger partial charge on any atom is -0.714 e. The Hall–Kier alpha value is 0.866. The van der Waals surface area contributed by atoms with Crippen molar-refractivity contribution in [3.05, 3.63) is 12.7 Å². The summed E-state index contributed by atoms with van der Waals surface area (Å²) in [5.74, 6) is 0. The molecule has 14 heteroatoms. The fraction of sp³-hybridized carbons (Fsp3) is 0.700. The third kappa shape index (κ3) is 8.50. The Kier molecular flexibility index (Phi) is 13.9. The zero-order chi connectivity index (χ0) is 16.9. The van der Waals surface area contributed by atoms with E-state index in [1.54, 1.807) is 0 Å². The summed E-state index contributed by atoms with van der Waals surface area (Å²) < 4.78 is 40.1. The number of nitrogens with zero attached hydrogens (tertiary/aromatic N) is 1. The molecule has 0 aromatic rings. The number of allylic oxidation sites excluding steroid dienone is 1. The predicted molar refractivity (Wildman–Crippen MR) is 78.0 cm³/mol. The molecule has 0 aliphatic carbocycles. The second kappa shape index (κ2) is 12.3. The van der Waals surface area contributed by atoms with Gasteiger partial charge >= 0.3 is 51.4 Å². The Bertz CT molecular complexity index is 514. The van der Waals surface area contributed by atoms with Gasteiger partial charge in [-0.25, -0.2) is 0 Å². The van der Waals surface area contributed by atoms with E-state index in [2.05, 4.69) is 16.0 Å². The summed E-state index contributed by atoms with van der Waals surface area (Å²) in [5, 5.41) is 41.2. The Morgan fingerprint density at radius 1 is 1.33 bits per heavy atom. The second-order valence-electron chi connectivity index (χ2n) is 4.28. The van der Waals surface area contributed by atoms with E-state index in [9.17, 15) is 28.3 Å². The molecule has 136 valence electrons.